The van der Waals surface area contributed by atoms with Crippen molar-refractivity contribution >= 4 is 5.96 Å². The van der Waals surface area contributed by atoms with Gasteiger partial charge in [0.05, 0.1) is 13.1 Å². The van der Waals surface area contributed by atoms with Crippen LogP contribution in [0.5, 0.6) is 0 Å². The second kappa shape index (κ2) is 10.4. The Kier molecular flexibility index (Phi) is 7.63. The van der Waals surface area contributed by atoms with Gasteiger partial charge in [0.25, 0.3) is 0 Å². The third-order valence-electron chi connectivity index (χ3n) is 5.43. The zero-order valence-electron chi connectivity index (χ0n) is 18.2. The first kappa shape index (κ1) is 21.3. The number of benzene rings is 1. The van der Waals surface area contributed by atoms with Gasteiger partial charge in [0.15, 0.2) is 5.96 Å². The van der Waals surface area contributed by atoms with Gasteiger partial charge < -0.3 is 10.6 Å². The molecule has 1 aromatic carbocycles. The predicted octanol–water partition coefficient (Wildman–Crippen LogP) is 2.55. The van der Waals surface area contributed by atoms with Crippen LogP contribution in [0.4, 0.5) is 0 Å². The van der Waals surface area contributed by atoms with Gasteiger partial charge in [0.1, 0.15) is 12.2 Å². The molecule has 1 aliphatic rings. The largest absolute Gasteiger partial charge is 0.357 e. The summed E-state index contributed by atoms with van der Waals surface area (Å²) in [5, 5.41) is 10.8. The number of hydrogen-bond acceptors (Lipinski definition) is 4. The van der Waals surface area contributed by atoms with Crippen LogP contribution in [0.3, 0.4) is 0 Å². The summed E-state index contributed by atoms with van der Waals surface area (Å²) in [4.78, 5) is 11.7. The molecule has 1 aromatic heterocycles. The highest BCUT2D eigenvalue weighted by Gasteiger charge is 2.22. The molecule has 0 amide bonds. The van der Waals surface area contributed by atoms with E-state index < -0.39 is 0 Å². The predicted molar refractivity (Wildman–Crippen MR) is 117 cm³/mol. The second-order valence-electron chi connectivity index (χ2n) is 8.26. The second-order valence-corrected chi connectivity index (χ2v) is 8.26. The van der Waals surface area contributed by atoms with Crippen LogP contribution in [0.25, 0.3) is 0 Å². The van der Waals surface area contributed by atoms with Crippen molar-refractivity contribution in [2.24, 2.45) is 23.9 Å². The number of nitrogens with zero attached hydrogens (tertiary/aromatic N) is 5. The van der Waals surface area contributed by atoms with Crippen LogP contribution >= 0.6 is 0 Å². The Hall–Kier alpha value is -2.41. The maximum absolute atomic E-state index is 4.81. The first-order chi connectivity index (χ1) is 14.0. The molecule has 2 aromatic rings. The van der Waals surface area contributed by atoms with Crippen LogP contribution in [0.1, 0.15) is 44.1 Å². The zero-order valence-corrected chi connectivity index (χ0v) is 18.2. The number of hydrogen-bond donors (Lipinski definition) is 2. The summed E-state index contributed by atoms with van der Waals surface area (Å²) >= 11 is 0. The molecule has 7 nitrogen and oxygen atoms in total. The van der Waals surface area contributed by atoms with Crippen molar-refractivity contribution in [3.63, 3.8) is 0 Å². The lowest BCUT2D eigenvalue weighted by molar-refractivity contribution is 0.134. The lowest BCUT2D eigenvalue weighted by Crippen LogP contribution is -2.38. The highest BCUT2D eigenvalue weighted by Crippen LogP contribution is 2.23. The molecule has 7 heteroatoms. The van der Waals surface area contributed by atoms with Crippen molar-refractivity contribution in [1.29, 1.82) is 0 Å². The fraction of sp³-hybridized carbons (Fsp3) is 0.591. The van der Waals surface area contributed by atoms with Gasteiger partial charge in [-0.25, -0.2) is 9.98 Å². The number of likely N-dealkylation sites (tertiary alicyclic amines) is 1. The Bertz CT molecular complexity index is 788. The zero-order chi connectivity index (χ0) is 20.6. The Morgan fingerprint density at radius 3 is 2.52 bits per heavy atom. The summed E-state index contributed by atoms with van der Waals surface area (Å²) in [6.45, 7) is 12.2. The summed E-state index contributed by atoms with van der Waals surface area (Å²) in [6, 6.07) is 8.68. The normalized spacial score (nSPS) is 20.6. The van der Waals surface area contributed by atoms with Crippen molar-refractivity contribution in [1.82, 2.24) is 30.3 Å². The standard InChI is InChI=1S/C22H35N7/c1-5-23-22(25-12-21-26-16-27-28(21)4)24-11-19-8-6-7-9-20(19)15-29-13-17(2)10-18(3)14-29/h6-9,16-18H,5,10-15H2,1-4H3,(H2,23,24,25). The monoisotopic (exact) mass is 397 g/mol. The summed E-state index contributed by atoms with van der Waals surface area (Å²) in [7, 11) is 1.90. The minimum absolute atomic E-state index is 0.591. The number of guanidine groups is 1. The highest BCUT2D eigenvalue weighted by molar-refractivity contribution is 5.79. The average molecular weight is 398 g/mol. The number of aliphatic imine (C=N–C) groups is 1. The molecule has 0 bridgehead atoms. The third kappa shape index (κ3) is 6.29. The fourth-order valence-corrected chi connectivity index (χ4v) is 4.18. The molecule has 0 radical (unpaired) electrons. The molecule has 3 rings (SSSR count). The smallest absolute Gasteiger partial charge is 0.191 e. The van der Waals surface area contributed by atoms with E-state index >= 15 is 0 Å². The Labute approximate surface area is 174 Å². The molecule has 0 saturated carbocycles. The van der Waals surface area contributed by atoms with Crippen molar-refractivity contribution in [3.05, 3.63) is 47.5 Å². The van der Waals surface area contributed by atoms with E-state index in [1.54, 1.807) is 11.0 Å². The molecule has 1 fully saturated rings. The quantitative estimate of drug-likeness (QED) is 0.555. The molecule has 1 aliphatic heterocycles. The number of aromatic nitrogens is 3. The minimum Gasteiger partial charge on any atom is -0.357 e. The van der Waals surface area contributed by atoms with Gasteiger partial charge in [0, 0.05) is 33.2 Å². The van der Waals surface area contributed by atoms with Crippen LogP contribution in [0, 0.1) is 11.8 Å². The third-order valence-corrected chi connectivity index (χ3v) is 5.43. The topological polar surface area (TPSA) is 70.4 Å². The minimum atomic E-state index is 0.591. The maximum atomic E-state index is 4.81. The van der Waals surface area contributed by atoms with E-state index in [2.05, 4.69) is 70.7 Å². The van der Waals surface area contributed by atoms with Gasteiger partial charge in [0.2, 0.25) is 0 Å². The van der Waals surface area contributed by atoms with E-state index in [1.807, 2.05) is 7.05 Å². The Morgan fingerprint density at radius 1 is 1.14 bits per heavy atom. The van der Waals surface area contributed by atoms with Crippen molar-refractivity contribution in [2.45, 2.75) is 46.8 Å². The molecule has 2 N–H and O–H groups in total. The van der Waals surface area contributed by atoms with Crippen LogP contribution in [-0.2, 0) is 26.7 Å². The van der Waals surface area contributed by atoms with Crippen molar-refractivity contribution in [3.8, 4) is 0 Å². The van der Waals surface area contributed by atoms with Gasteiger partial charge >= 0.3 is 0 Å². The van der Waals surface area contributed by atoms with E-state index in [0.29, 0.717) is 13.1 Å². The summed E-state index contributed by atoms with van der Waals surface area (Å²) in [6.07, 6.45) is 2.91. The number of nitrogens with one attached hydrogen (secondary N) is 2. The van der Waals surface area contributed by atoms with Gasteiger partial charge in [-0.1, -0.05) is 38.1 Å². The lowest BCUT2D eigenvalue weighted by Gasteiger charge is -2.35. The summed E-state index contributed by atoms with van der Waals surface area (Å²) < 4.78 is 1.77. The van der Waals surface area contributed by atoms with Crippen LogP contribution in [0.2, 0.25) is 0 Å². The average Bonchev–Trinajstić information content (AvgIpc) is 3.09. The van der Waals surface area contributed by atoms with Gasteiger partial charge in [-0.2, -0.15) is 5.10 Å². The number of rotatable bonds is 7. The molecule has 2 heterocycles. The van der Waals surface area contributed by atoms with Crippen molar-refractivity contribution in [2.75, 3.05) is 19.6 Å². The molecule has 0 aliphatic carbocycles. The molecule has 29 heavy (non-hydrogen) atoms. The van der Waals surface area contributed by atoms with E-state index in [4.69, 9.17) is 4.99 Å². The van der Waals surface area contributed by atoms with E-state index in [-0.39, 0.29) is 0 Å². The van der Waals surface area contributed by atoms with E-state index in [9.17, 15) is 0 Å². The Balaban J connectivity index is 1.65. The molecular formula is C22H35N7. The van der Waals surface area contributed by atoms with Crippen LogP contribution in [0.15, 0.2) is 35.6 Å². The SMILES string of the molecule is CCNC(=NCc1ccccc1CN1CC(C)CC(C)C1)NCc1ncnn1C. The molecule has 158 valence electrons. The number of piperidine rings is 1. The van der Waals surface area contributed by atoms with Gasteiger partial charge in [-0.05, 0) is 36.3 Å². The summed E-state index contributed by atoms with van der Waals surface area (Å²) in [5.41, 5.74) is 2.66. The first-order valence-electron chi connectivity index (χ1n) is 10.7. The molecule has 2 unspecified atom stereocenters. The molecular weight excluding hydrogens is 362 g/mol. The highest BCUT2D eigenvalue weighted by atomic mass is 15.3. The molecule has 0 spiro atoms. The molecule has 2 atom stereocenters. The first-order valence-corrected chi connectivity index (χ1v) is 10.7. The fourth-order valence-electron chi connectivity index (χ4n) is 4.18. The van der Waals surface area contributed by atoms with Crippen LogP contribution < -0.4 is 10.6 Å². The maximum Gasteiger partial charge on any atom is 0.191 e. The van der Waals surface area contributed by atoms with Gasteiger partial charge in [-0.3, -0.25) is 9.58 Å². The van der Waals surface area contributed by atoms with Gasteiger partial charge in [-0.15, -0.1) is 0 Å². The Morgan fingerprint density at radius 2 is 1.86 bits per heavy atom. The van der Waals surface area contributed by atoms with Crippen LogP contribution in [-0.4, -0.2) is 45.3 Å². The van der Waals surface area contributed by atoms with E-state index in [0.717, 1.165) is 36.7 Å². The number of aryl methyl sites for hydroxylation is 1. The molecule has 1 saturated heterocycles. The lowest BCUT2D eigenvalue weighted by atomic mass is 9.91. The summed E-state index contributed by atoms with van der Waals surface area (Å²) in [5.74, 6) is 3.22. The van der Waals surface area contributed by atoms with Crippen molar-refractivity contribution < 1.29 is 0 Å². The van der Waals surface area contributed by atoms with E-state index in [1.165, 1.54) is 30.6 Å².